The Labute approximate surface area is 150 Å². The molecule has 2 aromatic rings. The van der Waals surface area contributed by atoms with E-state index in [9.17, 15) is 0 Å². The van der Waals surface area contributed by atoms with E-state index in [1.54, 1.807) is 11.1 Å². The summed E-state index contributed by atoms with van der Waals surface area (Å²) in [6.07, 6.45) is 9.23. The van der Waals surface area contributed by atoms with E-state index in [1.165, 1.54) is 51.1 Å². The summed E-state index contributed by atoms with van der Waals surface area (Å²) in [5, 5.41) is 0. The van der Waals surface area contributed by atoms with Crippen LogP contribution in [0.3, 0.4) is 0 Å². The summed E-state index contributed by atoms with van der Waals surface area (Å²) >= 11 is 0. The number of aromatic nitrogens is 2. The highest BCUT2D eigenvalue weighted by atomic mass is 15.3. The van der Waals surface area contributed by atoms with Crippen LogP contribution in [0.25, 0.3) is 0 Å². The summed E-state index contributed by atoms with van der Waals surface area (Å²) in [5.41, 5.74) is 3.16. The lowest BCUT2D eigenvalue weighted by molar-refractivity contribution is 0.116. The molecule has 3 aliphatic heterocycles. The lowest BCUT2D eigenvalue weighted by atomic mass is 9.95. The second-order valence-corrected chi connectivity index (χ2v) is 8.27. The summed E-state index contributed by atoms with van der Waals surface area (Å²) in [6.45, 7) is 4.77. The molecule has 1 aromatic carbocycles. The highest BCUT2D eigenvalue weighted by Gasteiger charge is 2.38. The molecule has 3 fully saturated rings. The number of aryl methyl sites for hydroxylation is 1. The molecule has 3 saturated heterocycles. The maximum Gasteiger partial charge on any atom is 0.122 e. The van der Waals surface area contributed by atoms with Gasteiger partial charge in [0.15, 0.2) is 0 Å². The van der Waals surface area contributed by atoms with Gasteiger partial charge in [-0.15, -0.1) is 0 Å². The summed E-state index contributed by atoms with van der Waals surface area (Å²) in [6, 6.07) is 10.5. The van der Waals surface area contributed by atoms with Crippen LogP contribution in [-0.4, -0.2) is 51.1 Å². The summed E-state index contributed by atoms with van der Waals surface area (Å²) < 4.78 is 2.17. The zero-order valence-corrected chi connectivity index (χ0v) is 15.1. The molecule has 0 radical (unpaired) electrons. The van der Waals surface area contributed by atoms with Crippen molar-refractivity contribution in [3.63, 3.8) is 0 Å². The number of hydrogen-bond donors (Lipinski definition) is 0. The predicted octanol–water partition coefficient (Wildman–Crippen LogP) is 2.48. The van der Waals surface area contributed by atoms with Crippen LogP contribution in [0.5, 0.6) is 0 Å². The summed E-state index contributed by atoms with van der Waals surface area (Å²) in [5.74, 6) is 2.02. The lowest BCUT2D eigenvalue weighted by Crippen LogP contribution is -2.45. The van der Waals surface area contributed by atoms with Gasteiger partial charge in [0, 0.05) is 51.2 Å². The van der Waals surface area contributed by atoms with E-state index in [1.807, 2.05) is 6.20 Å². The number of imidazole rings is 1. The van der Waals surface area contributed by atoms with Crippen LogP contribution in [0.4, 0.5) is 0 Å². The number of nitrogens with zero attached hydrogens (tertiary/aromatic N) is 4. The average molecular weight is 336 g/mol. The second-order valence-electron chi connectivity index (χ2n) is 8.27. The average Bonchev–Trinajstić information content (AvgIpc) is 3.11. The zero-order valence-electron chi connectivity index (χ0n) is 15.1. The Morgan fingerprint density at radius 2 is 1.80 bits per heavy atom. The number of rotatable bonds is 3. The molecule has 132 valence electrons. The Balaban J connectivity index is 1.31. The van der Waals surface area contributed by atoms with E-state index in [4.69, 9.17) is 0 Å². The molecule has 2 bridgehead atoms. The lowest BCUT2D eigenvalue weighted by Gasteiger charge is -2.36. The van der Waals surface area contributed by atoms with Crippen molar-refractivity contribution in [2.45, 2.75) is 44.3 Å². The van der Waals surface area contributed by atoms with Gasteiger partial charge < -0.3 is 4.57 Å². The smallest absolute Gasteiger partial charge is 0.122 e. The Kier molecular flexibility index (Phi) is 3.90. The highest BCUT2D eigenvalue weighted by Crippen LogP contribution is 2.33. The van der Waals surface area contributed by atoms with Crippen molar-refractivity contribution in [3.8, 4) is 0 Å². The van der Waals surface area contributed by atoms with Gasteiger partial charge in [0.25, 0.3) is 0 Å². The minimum Gasteiger partial charge on any atom is -0.337 e. The van der Waals surface area contributed by atoms with Gasteiger partial charge in [0.2, 0.25) is 0 Å². The molecule has 0 saturated carbocycles. The van der Waals surface area contributed by atoms with Gasteiger partial charge in [-0.05, 0) is 42.7 Å². The standard InChI is InChI=1S/C21H28N4/c1-23-9-8-22-21(23)15-25-13-16-6-7-19(25)14-24(12-16)20-10-17-4-2-3-5-18(17)11-20/h2-5,8-9,16,19-20H,6-7,10-15H2,1H3/t16-,19+/m0/s1. The molecule has 25 heavy (non-hydrogen) atoms. The van der Waals surface area contributed by atoms with Crippen LogP contribution in [0, 0.1) is 5.92 Å². The van der Waals surface area contributed by atoms with Crippen LogP contribution < -0.4 is 0 Å². The minimum absolute atomic E-state index is 0.694. The minimum atomic E-state index is 0.694. The van der Waals surface area contributed by atoms with E-state index in [-0.39, 0.29) is 0 Å². The van der Waals surface area contributed by atoms with Crippen molar-refractivity contribution < 1.29 is 0 Å². The van der Waals surface area contributed by atoms with Gasteiger partial charge >= 0.3 is 0 Å². The van der Waals surface area contributed by atoms with E-state index in [0.29, 0.717) is 12.1 Å². The molecule has 1 aliphatic carbocycles. The largest absolute Gasteiger partial charge is 0.337 e. The second kappa shape index (κ2) is 6.26. The topological polar surface area (TPSA) is 24.3 Å². The highest BCUT2D eigenvalue weighted by molar-refractivity contribution is 5.33. The van der Waals surface area contributed by atoms with Gasteiger partial charge in [-0.25, -0.2) is 4.98 Å². The van der Waals surface area contributed by atoms with Crippen molar-refractivity contribution in [2.75, 3.05) is 19.6 Å². The van der Waals surface area contributed by atoms with E-state index in [2.05, 4.69) is 56.9 Å². The van der Waals surface area contributed by atoms with Crippen LogP contribution in [-0.2, 0) is 26.4 Å². The number of fused-ring (bicyclic) bond motifs is 5. The van der Waals surface area contributed by atoms with Crippen molar-refractivity contribution in [3.05, 3.63) is 53.6 Å². The number of benzene rings is 1. The van der Waals surface area contributed by atoms with Gasteiger partial charge in [-0.2, -0.15) is 0 Å². The molecule has 0 N–H and O–H groups in total. The molecule has 2 atom stereocenters. The molecule has 0 unspecified atom stereocenters. The Morgan fingerprint density at radius 3 is 2.52 bits per heavy atom. The van der Waals surface area contributed by atoms with Crippen molar-refractivity contribution in [2.24, 2.45) is 13.0 Å². The zero-order chi connectivity index (χ0) is 16.8. The molecule has 6 rings (SSSR count). The first kappa shape index (κ1) is 15.6. The molecule has 0 spiro atoms. The van der Waals surface area contributed by atoms with Gasteiger partial charge in [-0.1, -0.05) is 24.3 Å². The van der Waals surface area contributed by atoms with Crippen molar-refractivity contribution >= 4 is 0 Å². The molecule has 4 nitrogen and oxygen atoms in total. The quantitative estimate of drug-likeness (QED) is 0.861. The molecule has 1 aromatic heterocycles. The van der Waals surface area contributed by atoms with Gasteiger partial charge in [0.05, 0.1) is 6.54 Å². The Bertz CT molecular complexity index is 727. The van der Waals surface area contributed by atoms with E-state index >= 15 is 0 Å². The SMILES string of the molecule is Cn1ccnc1CN1C[C@H]2CC[C@@H]1CN(C1Cc3ccccc3C1)C2. The first-order valence-electron chi connectivity index (χ1n) is 9.77. The predicted molar refractivity (Wildman–Crippen MR) is 99.3 cm³/mol. The van der Waals surface area contributed by atoms with Crippen LogP contribution >= 0.6 is 0 Å². The summed E-state index contributed by atoms with van der Waals surface area (Å²) in [4.78, 5) is 10.1. The maximum atomic E-state index is 4.56. The van der Waals surface area contributed by atoms with Crippen LogP contribution in [0.15, 0.2) is 36.7 Å². The van der Waals surface area contributed by atoms with E-state index < -0.39 is 0 Å². The third-order valence-corrected chi connectivity index (χ3v) is 6.67. The van der Waals surface area contributed by atoms with Crippen molar-refractivity contribution in [1.29, 1.82) is 0 Å². The first-order chi connectivity index (χ1) is 12.3. The fourth-order valence-electron chi connectivity index (χ4n) is 5.23. The monoisotopic (exact) mass is 336 g/mol. The number of piperidine rings is 1. The molecule has 0 amide bonds. The Hall–Kier alpha value is -1.65. The van der Waals surface area contributed by atoms with Gasteiger partial charge in [0.1, 0.15) is 5.82 Å². The normalized spacial score (nSPS) is 27.6. The molecular weight excluding hydrogens is 308 g/mol. The third kappa shape index (κ3) is 2.91. The molecule has 4 heterocycles. The molecule has 4 heteroatoms. The number of hydrogen-bond acceptors (Lipinski definition) is 3. The van der Waals surface area contributed by atoms with E-state index in [0.717, 1.165) is 12.5 Å². The van der Waals surface area contributed by atoms with Crippen LogP contribution in [0.2, 0.25) is 0 Å². The maximum absolute atomic E-state index is 4.56. The molecule has 4 aliphatic rings. The summed E-state index contributed by atoms with van der Waals surface area (Å²) in [7, 11) is 2.11. The fraction of sp³-hybridized carbons (Fsp3) is 0.571. The van der Waals surface area contributed by atoms with Crippen molar-refractivity contribution in [1.82, 2.24) is 19.4 Å². The first-order valence-corrected chi connectivity index (χ1v) is 9.77. The Morgan fingerprint density at radius 1 is 1.00 bits per heavy atom. The van der Waals surface area contributed by atoms with Crippen LogP contribution in [0.1, 0.15) is 29.8 Å². The molecular formula is C21H28N4. The fourth-order valence-corrected chi connectivity index (χ4v) is 5.23. The van der Waals surface area contributed by atoms with Gasteiger partial charge in [-0.3, -0.25) is 9.80 Å². The third-order valence-electron chi connectivity index (χ3n) is 6.67.